The van der Waals surface area contributed by atoms with Gasteiger partial charge in [-0.3, -0.25) is 9.48 Å². The second-order valence-corrected chi connectivity index (χ2v) is 8.77. The molecule has 0 bridgehead atoms. The first-order valence-corrected chi connectivity index (χ1v) is 10.7. The normalized spacial score (nSPS) is 12.5. The largest absolute Gasteiger partial charge is 0.453 e. The fraction of sp³-hybridized carbons (Fsp3) is 0.417. The third kappa shape index (κ3) is 5.82. The highest BCUT2D eigenvalue weighted by molar-refractivity contribution is 6.01. The van der Waals surface area contributed by atoms with Gasteiger partial charge in [-0.05, 0) is 64.2 Å². The zero-order valence-corrected chi connectivity index (χ0v) is 19.2. The van der Waals surface area contributed by atoms with Crippen LogP contribution in [0.25, 0.3) is 10.9 Å². The number of halogens is 2. The molecule has 8 heteroatoms. The van der Waals surface area contributed by atoms with Gasteiger partial charge < -0.3 is 15.0 Å². The van der Waals surface area contributed by atoms with Gasteiger partial charge in [0, 0.05) is 24.0 Å². The van der Waals surface area contributed by atoms with E-state index in [1.165, 1.54) is 6.07 Å². The van der Waals surface area contributed by atoms with Crippen LogP contribution in [0.2, 0.25) is 0 Å². The number of hydrogen-bond donors (Lipinski definition) is 1. The number of aromatic nitrogens is 2. The summed E-state index contributed by atoms with van der Waals surface area (Å²) in [5.41, 5.74) is 1.06. The number of rotatable bonds is 9. The number of ether oxygens (including phenoxy) is 1. The molecule has 0 spiro atoms. The van der Waals surface area contributed by atoms with Crippen LogP contribution in [0.3, 0.4) is 0 Å². The first-order chi connectivity index (χ1) is 15.1. The van der Waals surface area contributed by atoms with E-state index in [-0.39, 0.29) is 29.0 Å². The Hall–Kier alpha value is -3.00. The van der Waals surface area contributed by atoms with E-state index in [1.54, 1.807) is 18.3 Å². The molecule has 1 aromatic heterocycles. The van der Waals surface area contributed by atoms with Gasteiger partial charge in [0.05, 0.1) is 17.3 Å². The number of hydrogen-bond acceptors (Lipinski definition) is 4. The van der Waals surface area contributed by atoms with E-state index in [0.717, 1.165) is 36.0 Å². The molecule has 0 aliphatic heterocycles. The molecule has 2 aromatic carbocycles. The van der Waals surface area contributed by atoms with Crippen LogP contribution in [0.1, 0.15) is 37.6 Å². The van der Waals surface area contributed by atoms with Crippen LogP contribution in [-0.2, 0) is 6.54 Å². The highest BCUT2D eigenvalue weighted by atomic mass is 19.1. The molecule has 1 amide bonds. The van der Waals surface area contributed by atoms with Crippen molar-refractivity contribution < 1.29 is 18.3 Å². The highest BCUT2D eigenvalue weighted by Crippen LogP contribution is 2.32. The molecule has 0 radical (unpaired) electrons. The molecule has 1 atom stereocenters. The molecule has 172 valence electrons. The smallest absolute Gasteiger partial charge is 0.255 e. The Morgan fingerprint density at radius 2 is 1.91 bits per heavy atom. The molecule has 0 aliphatic rings. The lowest BCUT2D eigenvalue weighted by Crippen LogP contribution is -2.35. The Labute approximate surface area is 187 Å². The van der Waals surface area contributed by atoms with Gasteiger partial charge >= 0.3 is 0 Å². The molecule has 0 unspecified atom stereocenters. The summed E-state index contributed by atoms with van der Waals surface area (Å²) in [4.78, 5) is 15.2. The fourth-order valence-corrected chi connectivity index (χ4v) is 3.36. The minimum Gasteiger partial charge on any atom is -0.453 e. The van der Waals surface area contributed by atoms with Gasteiger partial charge in [-0.25, -0.2) is 8.78 Å². The number of benzene rings is 2. The zero-order chi connectivity index (χ0) is 23.4. The summed E-state index contributed by atoms with van der Waals surface area (Å²) in [6.07, 6.45) is 2.46. The summed E-state index contributed by atoms with van der Waals surface area (Å²) in [6.45, 7) is 7.62. The van der Waals surface area contributed by atoms with Gasteiger partial charge in [-0.2, -0.15) is 5.10 Å². The van der Waals surface area contributed by atoms with Gasteiger partial charge in [0.15, 0.2) is 11.6 Å². The Morgan fingerprint density at radius 1 is 1.16 bits per heavy atom. The second kappa shape index (κ2) is 10.1. The SMILES string of the molecule is CC(C)Cn1ncc2cc(Oc3ccc(F)cc3F)c(C(=O)N[C@H](C)CCN(C)C)cc21. The van der Waals surface area contributed by atoms with Crippen molar-refractivity contribution in [3.63, 3.8) is 0 Å². The minimum atomic E-state index is -0.841. The van der Waals surface area contributed by atoms with Gasteiger partial charge in [0.25, 0.3) is 5.91 Å². The van der Waals surface area contributed by atoms with Gasteiger partial charge in [-0.15, -0.1) is 0 Å². The fourth-order valence-electron chi connectivity index (χ4n) is 3.36. The summed E-state index contributed by atoms with van der Waals surface area (Å²) < 4.78 is 35.1. The number of fused-ring (bicyclic) bond motifs is 1. The molecule has 0 saturated heterocycles. The molecule has 0 aliphatic carbocycles. The van der Waals surface area contributed by atoms with Crippen LogP contribution in [0.4, 0.5) is 8.78 Å². The van der Waals surface area contributed by atoms with E-state index in [1.807, 2.05) is 30.6 Å². The van der Waals surface area contributed by atoms with E-state index < -0.39 is 11.6 Å². The lowest BCUT2D eigenvalue weighted by atomic mass is 10.1. The maximum Gasteiger partial charge on any atom is 0.255 e. The van der Waals surface area contributed by atoms with Crippen molar-refractivity contribution in [2.75, 3.05) is 20.6 Å². The quantitative estimate of drug-likeness (QED) is 0.513. The average molecular weight is 445 g/mol. The van der Waals surface area contributed by atoms with Gasteiger partial charge in [-0.1, -0.05) is 13.8 Å². The van der Waals surface area contributed by atoms with Crippen LogP contribution in [-0.4, -0.2) is 47.3 Å². The summed E-state index contributed by atoms with van der Waals surface area (Å²) >= 11 is 0. The standard InChI is InChI=1S/C24H30F2N4O2/c1-15(2)14-30-21-12-19(24(31)28-16(3)8-9-29(4)5)23(10-17(21)13-27-30)32-22-7-6-18(25)11-20(22)26/h6-7,10-13,15-16H,8-9,14H2,1-5H3,(H,28,31)/t16-/m1/s1. The first-order valence-electron chi connectivity index (χ1n) is 10.7. The van der Waals surface area contributed by atoms with Crippen LogP contribution in [0, 0.1) is 17.6 Å². The molecule has 3 aromatic rings. The Balaban J connectivity index is 1.99. The number of nitrogens with one attached hydrogen (secondary N) is 1. The molecule has 1 heterocycles. The molecule has 1 N–H and O–H groups in total. The maximum absolute atomic E-state index is 14.2. The van der Waals surface area contributed by atoms with E-state index in [0.29, 0.717) is 12.5 Å². The molecular formula is C24H30F2N4O2. The third-order valence-corrected chi connectivity index (χ3v) is 5.03. The van der Waals surface area contributed by atoms with Gasteiger partial charge in [0.1, 0.15) is 11.6 Å². The van der Waals surface area contributed by atoms with Crippen molar-refractivity contribution in [1.29, 1.82) is 0 Å². The van der Waals surface area contributed by atoms with Crippen molar-refractivity contribution >= 4 is 16.8 Å². The monoisotopic (exact) mass is 444 g/mol. The number of nitrogens with zero attached hydrogens (tertiary/aromatic N) is 3. The molecule has 6 nitrogen and oxygen atoms in total. The Bertz CT molecular complexity index is 1100. The molecule has 3 rings (SSSR count). The lowest BCUT2D eigenvalue weighted by molar-refractivity contribution is 0.0934. The number of amides is 1. The van der Waals surface area contributed by atoms with Gasteiger partial charge in [0.2, 0.25) is 0 Å². The van der Waals surface area contributed by atoms with Crippen molar-refractivity contribution in [2.45, 2.75) is 39.8 Å². The summed E-state index contributed by atoms with van der Waals surface area (Å²) in [5, 5.41) is 8.18. The molecule has 32 heavy (non-hydrogen) atoms. The van der Waals surface area contributed by atoms with Crippen LogP contribution < -0.4 is 10.1 Å². The number of carbonyl (C=O) groups excluding carboxylic acids is 1. The topological polar surface area (TPSA) is 59.4 Å². The predicted octanol–water partition coefficient (Wildman–Crippen LogP) is 4.83. The van der Waals surface area contributed by atoms with Crippen LogP contribution in [0.5, 0.6) is 11.5 Å². The number of carbonyl (C=O) groups is 1. The van der Waals surface area contributed by atoms with Crippen molar-refractivity contribution in [3.05, 3.63) is 53.7 Å². The Kier molecular flexibility index (Phi) is 7.45. The highest BCUT2D eigenvalue weighted by Gasteiger charge is 2.20. The maximum atomic E-state index is 14.2. The third-order valence-electron chi connectivity index (χ3n) is 5.03. The molecule has 0 saturated carbocycles. The predicted molar refractivity (Wildman–Crippen MR) is 121 cm³/mol. The second-order valence-electron chi connectivity index (χ2n) is 8.77. The zero-order valence-electron chi connectivity index (χ0n) is 19.2. The van der Waals surface area contributed by atoms with Crippen molar-refractivity contribution in [3.8, 4) is 11.5 Å². The summed E-state index contributed by atoms with van der Waals surface area (Å²) in [7, 11) is 3.95. The lowest BCUT2D eigenvalue weighted by Gasteiger charge is -2.18. The minimum absolute atomic E-state index is 0.0726. The van der Waals surface area contributed by atoms with Crippen molar-refractivity contribution in [2.24, 2.45) is 5.92 Å². The van der Waals surface area contributed by atoms with Crippen LogP contribution in [0.15, 0.2) is 36.5 Å². The average Bonchev–Trinajstić information content (AvgIpc) is 3.09. The van der Waals surface area contributed by atoms with E-state index >= 15 is 0 Å². The van der Waals surface area contributed by atoms with E-state index in [9.17, 15) is 13.6 Å². The summed E-state index contributed by atoms with van der Waals surface area (Å²) in [6, 6.07) is 6.38. The Morgan fingerprint density at radius 3 is 2.56 bits per heavy atom. The van der Waals surface area contributed by atoms with E-state index in [2.05, 4.69) is 24.3 Å². The van der Waals surface area contributed by atoms with Crippen LogP contribution >= 0.6 is 0 Å². The molecular weight excluding hydrogens is 414 g/mol. The van der Waals surface area contributed by atoms with E-state index in [4.69, 9.17) is 4.74 Å². The van der Waals surface area contributed by atoms with Crippen molar-refractivity contribution in [1.82, 2.24) is 20.0 Å². The first kappa shape index (κ1) is 23.7. The molecule has 0 fully saturated rings. The summed E-state index contributed by atoms with van der Waals surface area (Å²) in [5.74, 6) is -1.47.